The molecule has 0 unspecified atom stereocenters. The summed E-state index contributed by atoms with van der Waals surface area (Å²) in [4.78, 5) is 13.9. The summed E-state index contributed by atoms with van der Waals surface area (Å²) in [6.07, 6.45) is 0. The zero-order chi connectivity index (χ0) is 14.4. The average molecular weight is 355 g/mol. The summed E-state index contributed by atoms with van der Waals surface area (Å²) in [7, 11) is 0. The van der Waals surface area contributed by atoms with Crippen LogP contribution in [0.4, 0.5) is 5.95 Å². The average Bonchev–Trinajstić information content (AvgIpc) is 2.39. The molecule has 106 valence electrons. The molecule has 7 heteroatoms. The second-order valence-corrected chi connectivity index (χ2v) is 5.70. The normalized spacial score (nSPS) is 10.3. The SMILES string of the molecule is CCNc1nc(OCC)nc(Sc2cccc(Br)c2)n1. The Kier molecular flexibility index (Phi) is 5.60. The van der Waals surface area contributed by atoms with Gasteiger partial charge in [0.15, 0.2) is 0 Å². The number of rotatable bonds is 6. The van der Waals surface area contributed by atoms with Crippen LogP contribution in [-0.2, 0) is 0 Å². The minimum atomic E-state index is 0.343. The van der Waals surface area contributed by atoms with Gasteiger partial charge in [-0.3, -0.25) is 0 Å². The summed E-state index contributed by atoms with van der Waals surface area (Å²) in [6.45, 7) is 5.16. The summed E-state index contributed by atoms with van der Waals surface area (Å²) in [6, 6.07) is 8.32. The van der Waals surface area contributed by atoms with Crippen LogP contribution in [0.1, 0.15) is 13.8 Å². The van der Waals surface area contributed by atoms with Crippen LogP contribution >= 0.6 is 27.7 Å². The van der Waals surface area contributed by atoms with E-state index in [2.05, 4.69) is 36.2 Å². The van der Waals surface area contributed by atoms with Crippen LogP contribution < -0.4 is 10.1 Å². The van der Waals surface area contributed by atoms with Gasteiger partial charge >= 0.3 is 6.01 Å². The number of benzene rings is 1. The summed E-state index contributed by atoms with van der Waals surface area (Å²) >= 11 is 4.92. The van der Waals surface area contributed by atoms with Crippen molar-refractivity contribution in [1.82, 2.24) is 15.0 Å². The molecule has 0 atom stereocenters. The molecule has 0 spiro atoms. The number of halogens is 1. The molecule has 0 aliphatic heterocycles. The third kappa shape index (κ3) is 4.35. The molecule has 0 fully saturated rings. The number of ether oxygens (including phenoxy) is 1. The molecule has 1 aromatic heterocycles. The summed E-state index contributed by atoms with van der Waals surface area (Å²) in [5.41, 5.74) is 0. The van der Waals surface area contributed by atoms with E-state index in [4.69, 9.17) is 4.74 Å². The smallest absolute Gasteiger partial charge is 0.322 e. The Morgan fingerprint density at radius 2 is 2.10 bits per heavy atom. The molecule has 1 N–H and O–H groups in total. The molecule has 0 saturated heterocycles. The predicted octanol–water partition coefficient (Wildman–Crippen LogP) is 3.62. The molecule has 1 heterocycles. The zero-order valence-corrected chi connectivity index (χ0v) is 13.7. The lowest BCUT2D eigenvalue weighted by Gasteiger charge is -2.07. The van der Waals surface area contributed by atoms with Gasteiger partial charge in [0.05, 0.1) is 6.61 Å². The van der Waals surface area contributed by atoms with E-state index in [1.54, 1.807) is 0 Å². The molecule has 0 aliphatic carbocycles. The first kappa shape index (κ1) is 15.1. The molecule has 1 aromatic carbocycles. The highest BCUT2D eigenvalue weighted by atomic mass is 79.9. The molecule has 0 aliphatic rings. The predicted molar refractivity (Wildman–Crippen MR) is 83.4 cm³/mol. The molecule has 2 rings (SSSR count). The summed E-state index contributed by atoms with van der Waals surface area (Å²) in [5, 5.41) is 3.69. The maximum atomic E-state index is 5.37. The van der Waals surface area contributed by atoms with E-state index >= 15 is 0 Å². The summed E-state index contributed by atoms with van der Waals surface area (Å²) in [5.74, 6) is 0.531. The first-order chi connectivity index (χ1) is 9.71. The Bertz CT molecular complexity index is 558. The van der Waals surface area contributed by atoms with Gasteiger partial charge in [0.2, 0.25) is 11.1 Å². The molecule has 20 heavy (non-hydrogen) atoms. The third-order valence-corrected chi connectivity index (χ3v) is 3.56. The fourth-order valence-electron chi connectivity index (χ4n) is 1.45. The lowest BCUT2D eigenvalue weighted by atomic mass is 10.4. The van der Waals surface area contributed by atoms with Gasteiger partial charge in [0, 0.05) is 15.9 Å². The van der Waals surface area contributed by atoms with E-state index < -0.39 is 0 Å². The van der Waals surface area contributed by atoms with E-state index in [-0.39, 0.29) is 0 Å². The van der Waals surface area contributed by atoms with Crippen molar-refractivity contribution in [3.63, 3.8) is 0 Å². The molecular weight excluding hydrogens is 340 g/mol. The number of aromatic nitrogens is 3. The molecule has 0 amide bonds. The summed E-state index contributed by atoms with van der Waals surface area (Å²) < 4.78 is 6.39. The number of nitrogens with zero attached hydrogens (tertiary/aromatic N) is 3. The van der Waals surface area contributed by atoms with E-state index in [1.807, 2.05) is 38.1 Å². The van der Waals surface area contributed by atoms with Gasteiger partial charge < -0.3 is 10.1 Å². The van der Waals surface area contributed by atoms with Gasteiger partial charge in [-0.2, -0.15) is 15.0 Å². The van der Waals surface area contributed by atoms with E-state index in [9.17, 15) is 0 Å². The minimum Gasteiger partial charge on any atom is -0.464 e. The highest BCUT2D eigenvalue weighted by Gasteiger charge is 2.08. The fraction of sp³-hybridized carbons (Fsp3) is 0.308. The van der Waals surface area contributed by atoms with Crippen LogP contribution in [0.2, 0.25) is 0 Å². The number of nitrogens with one attached hydrogen (secondary N) is 1. The molecule has 2 aromatic rings. The van der Waals surface area contributed by atoms with Crippen molar-refractivity contribution in [2.24, 2.45) is 0 Å². The van der Waals surface area contributed by atoms with E-state index in [0.717, 1.165) is 15.9 Å². The highest BCUT2D eigenvalue weighted by molar-refractivity contribution is 9.10. The van der Waals surface area contributed by atoms with Crippen molar-refractivity contribution in [2.75, 3.05) is 18.5 Å². The largest absolute Gasteiger partial charge is 0.464 e. The number of hydrogen-bond donors (Lipinski definition) is 1. The molecule has 0 bridgehead atoms. The lowest BCUT2D eigenvalue weighted by molar-refractivity contribution is 0.308. The van der Waals surface area contributed by atoms with Gasteiger partial charge in [0.1, 0.15) is 0 Å². The Morgan fingerprint density at radius 1 is 1.25 bits per heavy atom. The van der Waals surface area contributed by atoms with Gasteiger partial charge in [-0.15, -0.1) is 0 Å². The Balaban J connectivity index is 2.25. The van der Waals surface area contributed by atoms with Crippen molar-refractivity contribution >= 4 is 33.6 Å². The first-order valence-electron chi connectivity index (χ1n) is 6.27. The van der Waals surface area contributed by atoms with E-state index in [1.165, 1.54) is 11.8 Å². The van der Waals surface area contributed by atoms with Crippen LogP contribution in [0.25, 0.3) is 0 Å². The van der Waals surface area contributed by atoms with Gasteiger partial charge in [-0.1, -0.05) is 22.0 Å². The first-order valence-corrected chi connectivity index (χ1v) is 7.88. The highest BCUT2D eigenvalue weighted by Crippen LogP contribution is 2.28. The maximum absolute atomic E-state index is 5.37. The van der Waals surface area contributed by atoms with Crippen molar-refractivity contribution in [2.45, 2.75) is 23.9 Å². The van der Waals surface area contributed by atoms with Crippen molar-refractivity contribution in [1.29, 1.82) is 0 Å². The van der Waals surface area contributed by atoms with Crippen LogP contribution in [0.3, 0.4) is 0 Å². The van der Waals surface area contributed by atoms with Crippen LogP contribution in [-0.4, -0.2) is 28.1 Å². The Labute approximate surface area is 130 Å². The van der Waals surface area contributed by atoms with Crippen LogP contribution in [0, 0.1) is 0 Å². The molecule has 5 nitrogen and oxygen atoms in total. The Hall–Kier alpha value is -1.34. The van der Waals surface area contributed by atoms with E-state index in [0.29, 0.717) is 23.7 Å². The van der Waals surface area contributed by atoms with Crippen molar-refractivity contribution in [3.05, 3.63) is 28.7 Å². The number of hydrogen-bond acceptors (Lipinski definition) is 6. The third-order valence-electron chi connectivity index (χ3n) is 2.21. The molecule has 0 radical (unpaired) electrons. The second-order valence-electron chi connectivity index (χ2n) is 3.75. The quantitative estimate of drug-likeness (QED) is 0.854. The second kappa shape index (κ2) is 7.44. The zero-order valence-electron chi connectivity index (χ0n) is 11.3. The molecular formula is C13H15BrN4OS. The monoisotopic (exact) mass is 354 g/mol. The van der Waals surface area contributed by atoms with Gasteiger partial charge in [0.25, 0.3) is 0 Å². The minimum absolute atomic E-state index is 0.343. The topological polar surface area (TPSA) is 59.9 Å². The van der Waals surface area contributed by atoms with Crippen molar-refractivity contribution in [3.8, 4) is 6.01 Å². The van der Waals surface area contributed by atoms with Gasteiger partial charge in [-0.25, -0.2) is 0 Å². The van der Waals surface area contributed by atoms with Crippen LogP contribution in [0.5, 0.6) is 6.01 Å². The standard InChI is InChI=1S/C13H15BrN4OS/c1-3-15-11-16-12(19-4-2)18-13(17-11)20-10-7-5-6-9(14)8-10/h5-8H,3-4H2,1-2H3,(H,15,16,17,18). The Morgan fingerprint density at radius 3 is 2.80 bits per heavy atom. The maximum Gasteiger partial charge on any atom is 0.322 e. The van der Waals surface area contributed by atoms with Gasteiger partial charge in [-0.05, 0) is 43.8 Å². The van der Waals surface area contributed by atoms with Crippen LogP contribution in [0.15, 0.2) is 38.8 Å². The fourth-order valence-corrected chi connectivity index (χ4v) is 2.80. The lowest BCUT2D eigenvalue weighted by Crippen LogP contribution is -2.07. The van der Waals surface area contributed by atoms with Crippen molar-refractivity contribution < 1.29 is 4.74 Å². The molecule has 0 saturated carbocycles. The number of anilines is 1.